The van der Waals surface area contributed by atoms with E-state index in [4.69, 9.17) is 10.5 Å². The Morgan fingerprint density at radius 1 is 1.42 bits per heavy atom. The number of nitrogens with two attached hydrogens (primary N) is 1. The Morgan fingerprint density at radius 2 is 1.92 bits per heavy atom. The van der Waals surface area contributed by atoms with Gasteiger partial charge >= 0.3 is 0 Å². The molecule has 0 saturated heterocycles. The Balaban J connectivity index is 4.11. The smallest absolute Gasteiger partial charge is 0.0798 e. The molecule has 0 aromatic rings. The predicted molar refractivity (Wildman–Crippen MR) is 53.1 cm³/mol. The molecule has 0 fully saturated rings. The van der Waals surface area contributed by atoms with Crippen LogP contribution in [0.3, 0.4) is 0 Å². The van der Waals surface area contributed by atoms with Crippen molar-refractivity contribution in [2.45, 2.75) is 52.2 Å². The van der Waals surface area contributed by atoms with E-state index in [1.807, 2.05) is 0 Å². The maximum Gasteiger partial charge on any atom is 0.0798 e. The summed E-state index contributed by atoms with van der Waals surface area (Å²) in [4.78, 5) is 0. The van der Waals surface area contributed by atoms with Gasteiger partial charge in [-0.3, -0.25) is 0 Å². The van der Waals surface area contributed by atoms with Gasteiger partial charge in [-0.15, -0.1) is 0 Å². The van der Waals surface area contributed by atoms with Crippen LogP contribution in [0.15, 0.2) is 0 Å². The first kappa shape index (κ1) is 11.9. The average Bonchev–Trinajstić information content (AvgIpc) is 2.02. The summed E-state index contributed by atoms with van der Waals surface area (Å²) in [6.07, 6.45) is 2.00. The van der Waals surface area contributed by atoms with Crippen LogP contribution in [0, 0.1) is 5.92 Å². The Hall–Kier alpha value is -0.0800. The number of hydrogen-bond donors (Lipinski definition) is 1. The maximum absolute atomic E-state index is 6.05. The number of ether oxygens (including phenoxy) is 1. The highest BCUT2D eigenvalue weighted by Gasteiger charge is 2.29. The molecule has 74 valence electrons. The molecule has 0 spiro atoms. The fourth-order valence-electron chi connectivity index (χ4n) is 1.32. The lowest BCUT2D eigenvalue weighted by atomic mass is 9.88. The highest BCUT2D eigenvalue weighted by atomic mass is 16.5. The fourth-order valence-corrected chi connectivity index (χ4v) is 1.32. The van der Waals surface area contributed by atoms with Crippen molar-refractivity contribution in [3.8, 4) is 0 Å². The summed E-state index contributed by atoms with van der Waals surface area (Å²) in [5.74, 6) is 0.640. The van der Waals surface area contributed by atoms with Crippen molar-refractivity contribution in [3.05, 3.63) is 0 Å². The van der Waals surface area contributed by atoms with Crippen LogP contribution in [0.2, 0.25) is 0 Å². The molecule has 2 heteroatoms. The number of rotatable bonds is 5. The second-order valence-electron chi connectivity index (χ2n) is 4.11. The summed E-state index contributed by atoms with van der Waals surface area (Å²) in [5, 5.41) is 0. The molecule has 0 aromatic carbocycles. The molecule has 0 amide bonds. The van der Waals surface area contributed by atoms with Crippen molar-refractivity contribution < 1.29 is 4.74 Å². The monoisotopic (exact) mass is 173 g/mol. The van der Waals surface area contributed by atoms with Crippen LogP contribution in [-0.4, -0.2) is 18.8 Å². The largest absolute Gasteiger partial charge is 0.377 e. The first-order valence-electron chi connectivity index (χ1n) is 4.77. The molecule has 0 aromatic heterocycles. The zero-order valence-corrected chi connectivity index (χ0v) is 9.05. The molecule has 0 saturated carbocycles. The third-order valence-corrected chi connectivity index (χ3v) is 2.68. The molecule has 0 rings (SSSR count). The molecule has 0 bridgehead atoms. The molecule has 2 nitrogen and oxygen atoms in total. The van der Waals surface area contributed by atoms with Crippen LogP contribution in [-0.2, 0) is 4.74 Å². The molecule has 2 atom stereocenters. The standard InChI is InChI=1S/C10H23NO/c1-6-10(4,12-5)9(11)7-8(2)3/h8-9H,6-7,11H2,1-5H3. The van der Waals surface area contributed by atoms with E-state index in [-0.39, 0.29) is 11.6 Å². The topological polar surface area (TPSA) is 35.2 Å². The van der Waals surface area contributed by atoms with E-state index in [9.17, 15) is 0 Å². The van der Waals surface area contributed by atoms with Crippen molar-refractivity contribution >= 4 is 0 Å². The SMILES string of the molecule is CCC(C)(OC)C(N)CC(C)C. The molecule has 2 unspecified atom stereocenters. The minimum atomic E-state index is -0.149. The zero-order chi connectivity index (χ0) is 9.78. The van der Waals surface area contributed by atoms with E-state index in [1.54, 1.807) is 7.11 Å². The van der Waals surface area contributed by atoms with Gasteiger partial charge in [0.2, 0.25) is 0 Å². The Bertz CT molecular complexity index is 119. The van der Waals surface area contributed by atoms with Gasteiger partial charge in [-0.1, -0.05) is 20.8 Å². The van der Waals surface area contributed by atoms with Crippen molar-refractivity contribution in [2.24, 2.45) is 11.7 Å². The first-order valence-corrected chi connectivity index (χ1v) is 4.77. The third kappa shape index (κ3) is 3.11. The highest BCUT2D eigenvalue weighted by Crippen LogP contribution is 2.22. The average molecular weight is 173 g/mol. The van der Waals surface area contributed by atoms with E-state index in [0.29, 0.717) is 5.92 Å². The van der Waals surface area contributed by atoms with Crippen LogP contribution < -0.4 is 5.73 Å². The maximum atomic E-state index is 6.05. The van der Waals surface area contributed by atoms with Gasteiger partial charge in [0.15, 0.2) is 0 Å². The van der Waals surface area contributed by atoms with Crippen LogP contribution in [0.5, 0.6) is 0 Å². The summed E-state index contributed by atoms with van der Waals surface area (Å²) in [7, 11) is 1.74. The van der Waals surface area contributed by atoms with Gasteiger partial charge in [-0.2, -0.15) is 0 Å². The van der Waals surface area contributed by atoms with Crippen LogP contribution in [0.1, 0.15) is 40.5 Å². The van der Waals surface area contributed by atoms with E-state index in [1.165, 1.54) is 0 Å². The predicted octanol–water partition coefficient (Wildman–Crippen LogP) is 2.17. The minimum absolute atomic E-state index is 0.146. The number of methoxy groups -OCH3 is 1. The molecule has 0 aliphatic rings. The van der Waals surface area contributed by atoms with Crippen molar-refractivity contribution in [2.75, 3.05) is 7.11 Å². The molecule has 0 heterocycles. The van der Waals surface area contributed by atoms with Gasteiger partial charge in [-0.25, -0.2) is 0 Å². The lowest BCUT2D eigenvalue weighted by molar-refractivity contribution is -0.0233. The van der Waals surface area contributed by atoms with E-state index in [2.05, 4.69) is 27.7 Å². The van der Waals surface area contributed by atoms with Crippen molar-refractivity contribution in [1.29, 1.82) is 0 Å². The summed E-state index contributed by atoms with van der Waals surface area (Å²) >= 11 is 0. The summed E-state index contributed by atoms with van der Waals surface area (Å²) in [6.45, 7) is 8.57. The molecule has 12 heavy (non-hydrogen) atoms. The summed E-state index contributed by atoms with van der Waals surface area (Å²) < 4.78 is 5.42. The third-order valence-electron chi connectivity index (χ3n) is 2.68. The van der Waals surface area contributed by atoms with Gasteiger partial charge < -0.3 is 10.5 Å². The summed E-state index contributed by atoms with van der Waals surface area (Å²) in [5.41, 5.74) is 5.90. The molecule has 0 aliphatic carbocycles. The van der Waals surface area contributed by atoms with E-state index >= 15 is 0 Å². The van der Waals surface area contributed by atoms with Gasteiger partial charge in [0.1, 0.15) is 0 Å². The lowest BCUT2D eigenvalue weighted by Gasteiger charge is -2.34. The number of hydrogen-bond acceptors (Lipinski definition) is 2. The van der Waals surface area contributed by atoms with Gasteiger partial charge in [0, 0.05) is 13.2 Å². The Labute approximate surface area is 76.5 Å². The molecule has 0 aliphatic heterocycles. The lowest BCUT2D eigenvalue weighted by Crippen LogP contribution is -2.47. The second-order valence-corrected chi connectivity index (χ2v) is 4.11. The second kappa shape index (κ2) is 4.83. The Morgan fingerprint density at radius 3 is 2.17 bits per heavy atom. The van der Waals surface area contributed by atoms with Crippen LogP contribution >= 0.6 is 0 Å². The quantitative estimate of drug-likeness (QED) is 0.691. The van der Waals surface area contributed by atoms with Crippen molar-refractivity contribution in [1.82, 2.24) is 0 Å². The molecule has 2 N–H and O–H groups in total. The Kier molecular flexibility index (Phi) is 4.80. The molecular formula is C10H23NO. The van der Waals surface area contributed by atoms with E-state index < -0.39 is 0 Å². The van der Waals surface area contributed by atoms with Crippen LogP contribution in [0.25, 0.3) is 0 Å². The van der Waals surface area contributed by atoms with Crippen molar-refractivity contribution in [3.63, 3.8) is 0 Å². The fraction of sp³-hybridized carbons (Fsp3) is 1.00. The first-order chi connectivity index (χ1) is 5.46. The zero-order valence-electron chi connectivity index (χ0n) is 9.05. The molecular weight excluding hydrogens is 150 g/mol. The minimum Gasteiger partial charge on any atom is -0.377 e. The van der Waals surface area contributed by atoms with Gasteiger partial charge in [0.25, 0.3) is 0 Å². The van der Waals surface area contributed by atoms with Crippen LogP contribution in [0.4, 0.5) is 0 Å². The summed E-state index contributed by atoms with van der Waals surface area (Å²) in [6, 6.07) is 0.146. The van der Waals surface area contributed by atoms with Gasteiger partial charge in [0.05, 0.1) is 5.60 Å². The van der Waals surface area contributed by atoms with Gasteiger partial charge in [-0.05, 0) is 25.7 Å². The van der Waals surface area contributed by atoms with E-state index in [0.717, 1.165) is 12.8 Å². The highest BCUT2D eigenvalue weighted by molar-refractivity contribution is 4.86. The molecule has 0 radical (unpaired) electrons. The normalized spacial score (nSPS) is 19.2.